The molecule has 0 fully saturated rings. The Morgan fingerprint density at radius 3 is 2.79 bits per heavy atom. The molecule has 0 aliphatic carbocycles. The Kier molecular flexibility index (Phi) is 2.74. The van der Waals surface area contributed by atoms with Crippen LogP contribution in [0.15, 0.2) is 17.0 Å². The lowest BCUT2D eigenvalue weighted by Gasteiger charge is -2.13. The zero-order chi connectivity index (χ0) is 10.1. The van der Waals surface area contributed by atoms with E-state index in [-0.39, 0.29) is 17.7 Å². The molecule has 1 aliphatic heterocycles. The fourth-order valence-electron chi connectivity index (χ4n) is 1.66. The molecule has 0 aromatic heterocycles. The highest BCUT2D eigenvalue weighted by Gasteiger charge is 2.22. The molecule has 0 radical (unpaired) electrons. The third kappa shape index (κ3) is 1.64. The number of fused-ring (bicyclic) bond motifs is 1. The maximum atomic E-state index is 13.4. The smallest absolute Gasteiger partial charge is 0.137 e. The fraction of sp³-hybridized carbons (Fsp3) is 0.400. The molecule has 0 saturated carbocycles. The van der Waals surface area contributed by atoms with Crippen molar-refractivity contribution in [2.45, 2.75) is 23.8 Å². The first-order valence-electron chi connectivity index (χ1n) is 4.56. The SMILES string of the molecule is NC1CCCSc2c(F)ccc(F)c21. The van der Waals surface area contributed by atoms with E-state index < -0.39 is 0 Å². The highest BCUT2D eigenvalue weighted by atomic mass is 32.2. The molecule has 4 heteroatoms. The molecule has 1 aliphatic rings. The van der Waals surface area contributed by atoms with Gasteiger partial charge in [-0.15, -0.1) is 11.8 Å². The van der Waals surface area contributed by atoms with Gasteiger partial charge in [0.25, 0.3) is 0 Å². The minimum absolute atomic E-state index is 0.354. The molecule has 0 amide bonds. The van der Waals surface area contributed by atoms with Crippen LogP contribution in [0.4, 0.5) is 8.78 Å². The summed E-state index contributed by atoms with van der Waals surface area (Å²) in [4.78, 5) is 0.398. The standard InChI is InChI=1S/C10H11F2NS/c11-6-3-4-7(12)10-9(6)8(13)2-1-5-14-10/h3-4,8H,1-2,5,13H2. The van der Waals surface area contributed by atoms with Crippen molar-refractivity contribution in [1.82, 2.24) is 0 Å². The number of halogens is 2. The molecule has 1 aromatic carbocycles. The molecule has 1 unspecified atom stereocenters. The van der Waals surface area contributed by atoms with Gasteiger partial charge < -0.3 is 5.73 Å². The highest BCUT2D eigenvalue weighted by Crippen LogP contribution is 2.36. The second-order valence-electron chi connectivity index (χ2n) is 3.37. The number of rotatable bonds is 0. The van der Waals surface area contributed by atoms with E-state index in [4.69, 9.17) is 5.73 Å². The molecular weight excluding hydrogens is 204 g/mol. The summed E-state index contributed by atoms with van der Waals surface area (Å²) in [6.45, 7) is 0. The highest BCUT2D eigenvalue weighted by molar-refractivity contribution is 7.99. The van der Waals surface area contributed by atoms with Gasteiger partial charge in [0.2, 0.25) is 0 Å². The van der Waals surface area contributed by atoms with Crippen LogP contribution in [0.5, 0.6) is 0 Å². The van der Waals surface area contributed by atoms with Gasteiger partial charge in [0.1, 0.15) is 11.6 Å². The number of hydrogen-bond acceptors (Lipinski definition) is 2. The lowest BCUT2D eigenvalue weighted by Crippen LogP contribution is -2.12. The molecule has 1 heterocycles. The van der Waals surface area contributed by atoms with Crippen LogP contribution in [0, 0.1) is 11.6 Å². The van der Waals surface area contributed by atoms with Crippen molar-refractivity contribution >= 4 is 11.8 Å². The summed E-state index contributed by atoms with van der Waals surface area (Å²) in [5.74, 6) is 0.0631. The van der Waals surface area contributed by atoms with Crippen LogP contribution in [0.2, 0.25) is 0 Å². The molecule has 1 atom stereocenters. The van der Waals surface area contributed by atoms with Gasteiger partial charge in [-0.2, -0.15) is 0 Å². The fourth-order valence-corrected chi connectivity index (χ4v) is 2.79. The van der Waals surface area contributed by atoms with E-state index in [0.717, 1.165) is 24.7 Å². The molecule has 0 saturated heterocycles. The summed E-state index contributed by atoms with van der Waals surface area (Å²) in [5.41, 5.74) is 6.15. The van der Waals surface area contributed by atoms with E-state index in [9.17, 15) is 8.78 Å². The van der Waals surface area contributed by atoms with Gasteiger partial charge in [0.05, 0.1) is 4.90 Å². The molecule has 76 valence electrons. The summed E-state index contributed by atoms with van der Waals surface area (Å²) in [6.07, 6.45) is 1.62. The number of benzene rings is 1. The first-order valence-corrected chi connectivity index (χ1v) is 5.55. The first kappa shape index (κ1) is 9.93. The molecule has 2 rings (SSSR count). The van der Waals surface area contributed by atoms with Crippen LogP contribution in [-0.4, -0.2) is 5.75 Å². The number of thioether (sulfide) groups is 1. The maximum Gasteiger partial charge on any atom is 0.137 e. The maximum absolute atomic E-state index is 13.4. The molecule has 2 N–H and O–H groups in total. The van der Waals surface area contributed by atoms with Crippen molar-refractivity contribution in [3.05, 3.63) is 29.3 Å². The molecule has 0 bridgehead atoms. The van der Waals surface area contributed by atoms with Crippen LogP contribution in [0.25, 0.3) is 0 Å². The average Bonchev–Trinajstić information content (AvgIpc) is 2.35. The summed E-state index contributed by atoms with van der Waals surface area (Å²) in [6, 6.07) is 1.95. The van der Waals surface area contributed by atoms with E-state index in [2.05, 4.69) is 0 Å². The Labute approximate surface area is 85.7 Å². The van der Waals surface area contributed by atoms with E-state index in [1.807, 2.05) is 0 Å². The Morgan fingerprint density at radius 1 is 1.29 bits per heavy atom. The Hall–Kier alpha value is -0.610. The summed E-state index contributed by atoms with van der Waals surface area (Å²) in [7, 11) is 0. The van der Waals surface area contributed by atoms with Gasteiger partial charge in [-0.3, -0.25) is 0 Å². The van der Waals surface area contributed by atoms with Crippen LogP contribution in [-0.2, 0) is 0 Å². The lowest BCUT2D eigenvalue weighted by atomic mass is 10.0. The molecule has 1 aromatic rings. The molecular formula is C10H11F2NS. The van der Waals surface area contributed by atoms with Crippen LogP contribution < -0.4 is 5.73 Å². The van der Waals surface area contributed by atoms with E-state index >= 15 is 0 Å². The third-order valence-corrected chi connectivity index (χ3v) is 3.57. The lowest BCUT2D eigenvalue weighted by molar-refractivity contribution is 0.528. The topological polar surface area (TPSA) is 26.0 Å². The zero-order valence-electron chi connectivity index (χ0n) is 7.59. The number of hydrogen-bond donors (Lipinski definition) is 1. The quantitative estimate of drug-likeness (QED) is 0.720. The van der Waals surface area contributed by atoms with Crippen molar-refractivity contribution in [3.63, 3.8) is 0 Å². The number of nitrogens with two attached hydrogens (primary N) is 1. The monoisotopic (exact) mass is 215 g/mol. The molecule has 14 heavy (non-hydrogen) atoms. The van der Waals surface area contributed by atoms with Gasteiger partial charge in [-0.1, -0.05) is 0 Å². The Balaban J connectivity index is 2.57. The average molecular weight is 215 g/mol. The van der Waals surface area contributed by atoms with E-state index in [0.29, 0.717) is 10.5 Å². The summed E-state index contributed by atoms with van der Waals surface area (Å²) >= 11 is 1.36. The largest absolute Gasteiger partial charge is 0.324 e. The minimum atomic E-state index is -0.386. The molecule has 0 spiro atoms. The van der Waals surface area contributed by atoms with Crippen molar-refractivity contribution in [2.24, 2.45) is 5.73 Å². The van der Waals surface area contributed by atoms with Crippen molar-refractivity contribution < 1.29 is 8.78 Å². The van der Waals surface area contributed by atoms with Crippen molar-refractivity contribution in [3.8, 4) is 0 Å². The Morgan fingerprint density at radius 2 is 2.00 bits per heavy atom. The predicted octanol–water partition coefficient (Wildman–Crippen LogP) is 2.85. The Bertz CT molecular complexity index is 354. The summed E-state index contributed by atoms with van der Waals surface area (Å²) in [5, 5.41) is 0. The normalized spacial score (nSPS) is 21.5. The predicted molar refractivity (Wildman–Crippen MR) is 53.2 cm³/mol. The van der Waals surface area contributed by atoms with Gasteiger partial charge in [-0.25, -0.2) is 8.78 Å². The second-order valence-corrected chi connectivity index (χ2v) is 4.47. The minimum Gasteiger partial charge on any atom is -0.324 e. The van der Waals surface area contributed by atoms with Gasteiger partial charge >= 0.3 is 0 Å². The van der Waals surface area contributed by atoms with Crippen LogP contribution in [0.1, 0.15) is 24.4 Å². The van der Waals surface area contributed by atoms with E-state index in [1.165, 1.54) is 17.8 Å². The van der Waals surface area contributed by atoms with Crippen molar-refractivity contribution in [1.29, 1.82) is 0 Å². The third-order valence-electron chi connectivity index (χ3n) is 2.37. The van der Waals surface area contributed by atoms with Crippen LogP contribution in [0.3, 0.4) is 0 Å². The zero-order valence-corrected chi connectivity index (χ0v) is 8.41. The summed E-state index contributed by atoms with van der Waals surface area (Å²) < 4.78 is 26.8. The van der Waals surface area contributed by atoms with E-state index in [1.54, 1.807) is 0 Å². The van der Waals surface area contributed by atoms with Gasteiger partial charge in [0.15, 0.2) is 0 Å². The van der Waals surface area contributed by atoms with Gasteiger partial charge in [0, 0.05) is 11.6 Å². The second kappa shape index (κ2) is 3.87. The van der Waals surface area contributed by atoms with Crippen LogP contribution >= 0.6 is 11.8 Å². The van der Waals surface area contributed by atoms with Gasteiger partial charge in [-0.05, 0) is 30.7 Å². The van der Waals surface area contributed by atoms with Crippen molar-refractivity contribution in [2.75, 3.05) is 5.75 Å². The first-order chi connectivity index (χ1) is 6.70. The molecule has 1 nitrogen and oxygen atoms in total.